The molecule has 0 bridgehead atoms. The van der Waals surface area contributed by atoms with Crippen LogP contribution in [0.5, 0.6) is 0 Å². The van der Waals surface area contributed by atoms with Crippen molar-refractivity contribution in [2.45, 2.75) is 13.3 Å². The van der Waals surface area contributed by atoms with Crippen molar-refractivity contribution in [3.05, 3.63) is 56.2 Å². The van der Waals surface area contributed by atoms with Gasteiger partial charge in [0.05, 0.1) is 15.9 Å². The van der Waals surface area contributed by atoms with Crippen LogP contribution >= 0.6 is 22.9 Å². The first kappa shape index (κ1) is 12.4. The van der Waals surface area contributed by atoms with Gasteiger partial charge in [-0.3, -0.25) is 9.36 Å². The molecule has 96 valence electrons. The molecule has 0 fully saturated rings. The Bertz CT molecular complexity index is 793. The average molecular weight is 291 g/mol. The second kappa shape index (κ2) is 4.79. The molecule has 1 aromatic carbocycles. The minimum absolute atomic E-state index is 0.106. The van der Waals surface area contributed by atoms with E-state index in [4.69, 9.17) is 11.6 Å². The largest absolute Gasteiger partial charge is 0.268 e. The third-order valence-electron chi connectivity index (χ3n) is 3.08. The smallest absolute Gasteiger partial charge is 0.265 e. The van der Waals surface area contributed by atoms with Gasteiger partial charge in [0.25, 0.3) is 5.56 Å². The second-order valence-electron chi connectivity index (χ2n) is 4.18. The van der Waals surface area contributed by atoms with Crippen LogP contribution in [-0.4, -0.2) is 9.55 Å². The van der Waals surface area contributed by atoms with E-state index in [1.165, 1.54) is 11.3 Å². The molecule has 3 aromatic rings. The van der Waals surface area contributed by atoms with E-state index < -0.39 is 0 Å². The highest BCUT2D eigenvalue weighted by Gasteiger charge is 2.13. The molecule has 0 amide bonds. The van der Waals surface area contributed by atoms with Gasteiger partial charge in [0.1, 0.15) is 0 Å². The number of rotatable bonds is 2. The summed E-state index contributed by atoms with van der Waals surface area (Å²) < 4.78 is 1.64. The fourth-order valence-corrected chi connectivity index (χ4v) is 2.98. The molecule has 0 radical (unpaired) electrons. The predicted octanol–water partition coefficient (Wildman–Crippen LogP) is 3.66. The summed E-state index contributed by atoms with van der Waals surface area (Å²) in [5, 5.41) is 3.77. The third kappa shape index (κ3) is 1.97. The van der Waals surface area contributed by atoms with Gasteiger partial charge in [0.15, 0.2) is 5.82 Å². The van der Waals surface area contributed by atoms with E-state index in [1.807, 2.05) is 30.5 Å². The summed E-state index contributed by atoms with van der Waals surface area (Å²) >= 11 is 7.63. The summed E-state index contributed by atoms with van der Waals surface area (Å²) in [6.07, 6.45) is 0.759. The lowest BCUT2D eigenvalue weighted by Crippen LogP contribution is -2.22. The molecule has 0 unspecified atom stereocenters. The van der Waals surface area contributed by atoms with Crippen molar-refractivity contribution < 1.29 is 0 Å². The molecule has 0 saturated heterocycles. The van der Waals surface area contributed by atoms with E-state index in [-0.39, 0.29) is 5.56 Å². The monoisotopic (exact) mass is 290 g/mol. The fraction of sp³-hybridized carbons (Fsp3) is 0.143. The highest BCUT2D eigenvalue weighted by molar-refractivity contribution is 7.07. The number of thiazole rings is 1. The summed E-state index contributed by atoms with van der Waals surface area (Å²) in [5.41, 5.74) is 2.55. The van der Waals surface area contributed by atoms with E-state index >= 15 is 0 Å². The molecule has 0 aliphatic carbocycles. The molecule has 2 heterocycles. The molecule has 3 rings (SSSR count). The van der Waals surface area contributed by atoms with Gasteiger partial charge in [-0.25, -0.2) is 4.98 Å². The quantitative estimate of drug-likeness (QED) is 0.722. The summed E-state index contributed by atoms with van der Waals surface area (Å²) in [4.78, 5) is 16.9. The highest BCUT2D eigenvalue weighted by atomic mass is 35.5. The summed E-state index contributed by atoms with van der Waals surface area (Å²) in [7, 11) is 0. The molecule has 0 aliphatic rings. The van der Waals surface area contributed by atoms with Crippen molar-refractivity contribution in [2.24, 2.45) is 0 Å². The Morgan fingerprint density at radius 1 is 1.42 bits per heavy atom. The van der Waals surface area contributed by atoms with Gasteiger partial charge >= 0.3 is 0 Å². The molecule has 2 aromatic heterocycles. The van der Waals surface area contributed by atoms with Crippen LogP contribution in [0.15, 0.2) is 40.0 Å². The van der Waals surface area contributed by atoms with Crippen LogP contribution in [0.25, 0.3) is 16.6 Å². The third-order valence-corrected chi connectivity index (χ3v) is 3.97. The Labute approximate surface area is 119 Å². The number of pyridine rings is 1. The number of aryl methyl sites for hydroxylation is 1. The zero-order valence-corrected chi connectivity index (χ0v) is 11.8. The molecule has 3 nitrogen and oxygen atoms in total. The molecule has 0 atom stereocenters. The van der Waals surface area contributed by atoms with Crippen LogP contribution in [0.4, 0.5) is 0 Å². The van der Waals surface area contributed by atoms with Gasteiger partial charge in [-0.15, -0.1) is 11.3 Å². The standard InChI is InChI=1S/C14H11ClN2OS/c1-2-10-6-9-4-3-5-11(15)13(9)14(18)17(10)12-7-19-8-16-12/h3-8H,2H2,1H3. The minimum Gasteiger partial charge on any atom is -0.268 e. The Morgan fingerprint density at radius 2 is 2.26 bits per heavy atom. The number of aromatic nitrogens is 2. The molecule has 19 heavy (non-hydrogen) atoms. The lowest BCUT2D eigenvalue weighted by molar-refractivity contribution is 0.868. The lowest BCUT2D eigenvalue weighted by atomic mass is 10.1. The number of benzene rings is 1. The normalized spacial score (nSPS) is 11.1. The summed E-state index contributed by atoms with van der Waals surface area (Å²) in [6.45, 7) is 2.02. The van der Waals surface area contributed by atoms with Crippen molar-refractivity contribution in [3.8, 4) is 5.82 Å². The van der Waals surface area contributed by atoms with Gasteiger partial charge in [0, 0.05) is 11.1 Å². The Hall–Kier alpha value is -1.65. The first-order chi connectivity index (χ1) is 9.22. The number of fused-ring (bicyclic) bond motifs is 1. The summed E-state index contributed by atoms with van der Waals surface area (Å²) in [6, 6.07) is 7.51. The van der Waals surface area contributed by atoms with Gasteiger partial charge < -0.3 is 0 Å². The van der Waals surface area contributed by atoms with Crippen molar-refractivity contribution in [1.29, 1.82) is 0 Å². The molecule has 0 aliphatic heterocycles. The van der Waals surface area contributed by atoms with Crippen LogP contribution in [-0.2, 0) is 6.42 Å². The fourth-order valence-electron chi connectivity index (χ4n) is 2.20. The van der Waals surface area contributed by atoms with E-state index in [0.717, 1.165) is 17.5 Å². The number of hydrogen-bond donors (Lipinski definition) is 0. The molecular weight excluding hydrogens is 280 g/mol. The maximum absolute atomic E-state index is 12.7. The molecule has 0 saturated carbocycles. The van der Waals surface area contributed by atoms with Crippen LogP contribution in [0.2, 0.25) is 5.02 Å². The van der Waals surface area contributed by atoms with Gasteiger partial charge in [-0.05, 0) is 23.9 Å². The van der Waals surface area contributed by atoms with E-state index in [2.05, 4.69) is 4.98 Å². The highest BCUT2D eigenvalue weighted by Crippen LogP contribution is 2.22. The first-order valence-corrected chi connectivity index (χ1v) is 7.26. The number of hydrogen-bond acceptors (Lipinski definition) is 3. The molecular formula is C14H11ClN2OS. The summed E-state index contributed by atoms with van der Waals surface area (Å²) in [5.74, 6) is 0.661. The van der Waals surface area contributed by atoms with Gasteiger partial charge in [0.2, 0.25) is 0 Å². The molecule has 5 heteroatoms. The second-order valence-corrected chi connectivity index (χ2v) is 5.31. The maximum Gasteiger partial charge on any atom is 0.265 e. The SMILES string of the molecule is CCc1cc2cccc(Cl)c2c(=O)n1-c1cscn1. The van der Waals surface area contributed by atoms with Crippen molar-refractivity contribution >= 4 is 33.7 Å². The van der Waals surface area contributed by atoms with Crippen LogP contribution < -0.4 is 5.56 Å². The molecule has 0 N–H and O–H groups in total. The zero-order valence-electron chi connectivity index (χ0n) is 10.3. The Kier molecular flexibility index (Phi) is 3.12. The van der Waals surface area contributed by atoms with Crippen LogP contribution in [0, 0.1) is 0 Å². The average Bonchev–Trinajstić information content (AvgIpc) is 2.91. The Morgan fingerprint density at radius 3 is 2.95 bits per heavy atom. The van der Waals surface area contributed by atoms with E-state index in [1.54, 1.807) is 16.1 Å². The molecule has 0 spiro atoms. The van der Waals surface area contributed by atoms with Gasteiger partial charge in [-0.2, -0.15) is 0 Å². The Balaban J connectivity index is 2.47. The van der Waals surface area contributed by atoms with Crippen molar-refractivity contribution in [1.82, 2.24) is 9.55 Å². The van der Waals surface area contributed by atoms with Gasteiger partial charge in [-0.1, -0.05) is 30.7 Å². The van der Waals surface area contributed by atoms with Crippen molar-refractivity contribution in [2.75, 3.05) is 0 Å². The minimum atomic E-state index is -0.106. The van der Waals surface area contributed by atoms with E-state index in [0.29, 0.717) is 16.2 Å². The van der Waals surface area contributed by atoms with Crippen LogP contribution in [0.1, 0.15) is 12.6 Å². The topological polar surface area (TPSA) is 34.9 Å². The van der Waals surface area contributed by atoms with Crippen LogP contribution in [0.3, 0.4) is 0 Å². The maximum atomic E-state index is 12.7. The number of halogens is 1. The lowest BCUT2D eigenvalue weighted by Gasteiger charge is -2.11. The van der Waals surface area contributed by atoms with E-state index in [9.17, 15) is 4.79 Å². The van der Waals surface area contributed by atoms with Crippen molar-refractivity contribution in [3.63, 3.8) is 0 Å². The predicted molar refractivity (Wildman–Crippen MR) is 79.6 cm³/mol. The first-order valence-electron chi connectivity index (χ1n) is 5.94. The zero-order chi connectivity index (χ0) is 13.4. The number of nitrogens with zero attached hydrogens (tertiary/aromatic N) is 2.